The van der Waals surface area contributed by atoms with Gasteiger partial charge in [0.15, 0.2) is 0 Å². The molecule has 2 aliphatic heterocycles. The number of rotatable bonds is 0. The Morgan fingerprint density at radius 1 is 1.27 bits per heavy atom. The highest BCUT2D eigenvalue weighted by molar-refractivity contribution is 4.91. The van der Waals surface area contributed by atoms with E-state index in [1.807, 2.05) is 0 Å². The van der Waals surface area contributed by atoms with Crippen molar-refractivity contribution in [1.29, 1.82) is 0 Å². The standard InChI is InChI=1S/C8H16N2O/c1-9-5-7-8(6-9)11-4-3-10(7)2/h7-8H,3-6H2,1-2H3/t7-,8+/m0/s1. The van der Waals surface area contributed by atoms with Crippen LogP contribution in [0.5, 0.6) is 0 Å². The number of ether oxygens (including phenoxy) is 1. The Labute approximate surface area is 67.9 Å². The van der Waals surface area contributed by atoms with Gasteiger partial charge in [0.2, 0.25) is 0 Å². The van der Waals surface area contributed by atoms with Crippen LogP contribution in [0.2, 0.25) is 0 Å². The van der Waals surface area contributed by atoms with Crippen LogP contribution in [-0.2, 0) is 4.74 Å². The predicted molar refractivity (Wildman–Crippen MR) is 43.7 cm³/mol. The molecule has 0 aliphatic carbocycles. The van der Waals surface area contributed by atoms with Gasteiger partial charge in [0, 0.05) is 25.7 Å². The molecule has 2 saturated heterocycles. The quantitative estimate of drug-likeness (QED) is 0.476. The van der Waals surface area contributed by atoms with Crippen molar-refractivity contribution in [3.8, 4) is 0 Å². The molecule has 0 spiro atoms. The first-order valence-electron chi connectivity index (χ1n) is 4.28. The van der Waals surface area contributed by atoms with Crippen LogP contribution in [0.15, 0.2) is 0 Å². The van der Waals surface area contributed by atoms with E-state index in [9.17, 15) is 0 Å². The van der Waals surface area contributed by atoms with Gasteiger partial charge in [0.1, 0.15) is 0 Å². The number of likely N-dealkylation sites (N-methyl/N-ethyl adjacent to an activating group) is 2. The summed E-state index contributed by atoms with van der Waals surface area (Å²) in [6, 6.07) is 0.647. The Bertz CT molecular complexity index is 151. The molecule has 0 radical (unpaired) electrons. The lowest BCUT2D eigenvalue weighted by Crippen LogP contribution is -2.48. The van der Waals surface area contributed by atoms with Crippen molar-refractivity contribution in [2.24, 2.45) is 0 Å². The summed E-state index contributed by atoms with van der Waals surface area (Å²) in [7, 11) is 4.36. The van der Waals surface area contributed by atoms with E-state index in [2.05, 4.69) is 23.9 Å². The first kappa shape index (κ1) is 7.53. The molecule has 0 aromatic carbocycles. The minimum Gasteiger partial charge on any atom is -0.374 e. The van der Waals surface area contributed by atoms with Gasteiger partial charge in [-0.1, -0.05) is 0 Å². The maximum Gasteiger partial charge on any atom is 0.0869 e. The molecule has 2 heterocycles. The van der Waals surface area contributed by atoms with E-state index in [0.717, 1.165) is 19.7 Å². The first-order chi connectivity index (χ1) is 5.27. The highest BCUT2D eigenvalue weighted by Crippen LogP contribution is 2.19. The first-order valence-corrected chi connectivity index (χ1v) is 4.28. The molecule has 0 bridgehead atoms. The van der Waals surface area contributed by atoms with Gasteiger partial charge in [-0.25, -0.2) is 0 Å². The van der Waals surface area contributed by atoms with Gasteiger partial charge in [0.25, 0.3) is 0 Å². The Balaban J connectivity index is 2.03. The number of nitrogens with zero attached hydrogens (tertiary/aromatic N) is 2. The van der Waals surface area contributed by atoms with Crippen LogP contribution in [0.3, 0.4) is 0 Å². The van der Waals surface area contributed by atoms with Crippen molar-refractivity contribution in [1.82, 2.24) is 9.80 Å². The molecule has 0 N–H and O–H groups in total. The minimum atomic E-state index is 0.471. The summed E-state index contributed by atoms with van der Waals surface area (Å²) >= 11 is 0. The summed E-state index contributed by atoms with van der Waals surface area (Å²) in [5.41, 5.74) is 0. The van der Waals surface area contributed by atoms with Gasteiger partial charge in [0.05, 0.1) is 12.7 Å². The summed E-state index contributed by atoms with van der Waals surface area (Å²) in [6.45, 7) is 4.27. The van der Waals surface area contributed by atoms with Crippen LogP contribution >= 0.6 is 0 Å². The molecule has 0 saturated carbocycles. The van der Waals surface area contributed by atoms with Crippen molar-refractivity contribution in [2.75, 3.05) is 40.3 Å². The maximum absolute atomic E-state index is 5.66. The van der Waals surface area contributed by atoms with E-state index in [4.69, 9.17) is 4.74 Å². The third-order valence-corrected chi connectivity index (χ3v) is 2.76. The molecular formula is C8H16N2O. The highest BCUT2D eigenvalue weighted by Gasteiger charge is 2.36. The largest absolute Gasteiger partial charge is 0.374 e. The third kappa shape index (κ3) is 1.28. The summed E-state index contributed by atoms with van der Waals surface area (Å²) in [5, 5.41) is 0. The van der Waals surface area contributed by atoms with Crippen molar-refractivity contribution in [3.63, 3.8) is 0 Å². The van der Waals surface area contributed by atoms with Gasteiger partial charge in [-0.3, -0.25) is 4.90 Å². The van der Waals surface area contributed by atoms with E-state index in [0.29, 0.717) is 12.1 Å². The smallest absolute Gasteiger partial charge is 0.0869 e. The molecule has 3 nitrogen and oxygen atoms in total. The Morgan fingerprint density at radius 3 is 2.82 bits per heavy atom. The normalized spacial score (nSPS) is 40.9. The SMILES string of the molecule is CN1C[C@H]2OCCN(C)[C@H]2C1. The molecule has 0 aromatic heterocycles. The summed E-state index contributed by atoms with van der Waals surface area (Å²) < 4.78 is 5.66. The van der Waals surface area contributed by atoms with Crippen LogP contribution < -0.4 is 0 Å². The number of likely N-dealkylation sites (tertiary alicyclic amines) is 1. The molecule has 11 heavy (non-hydrogen) atoms. The summed E-state index contributed by atoms with van der Waals surface area (Å²) in [6.07, 6.45) is 0.471. The molecule has 0 unspecified atom stereocenters. The number of fused-ring (bicyclic) bond motifs is 1. The number of hydrogen-bond acceptors (Lipinski definition) is 3. The van der Waals surface area contributed by atoms with E-state index in [1.54, 1.807) is 0 Å². The lowest BCUT2D eigenvalue weighted by atomic mass is 10.1. The van der Waals surface area contributed by atoms with Crippen molar-refractivity contribution < 1.29 is 4.74 Å². The van der Waals surface area contributed by atoms with Gasteiger partial charge in [-0.2, -0.15) is 0 Å². The minimum absolute atomic E-state index is 0.471. The van der Waals surface area contributed by atoms with Crippen molar-refractivity contribution >= 4 is 0 Å². The zero-order valence-electron chi connectivity index (χ0n) is 7.29. The molecule has 64 valence electrons. The van der Waals surface area contributed by atoms with Crippen LogP contribution in [-0.4, -0.2) is 62.3 Å². The average Bonchev–Trinajstić information content (AvgIpc) is 2.31. The second-order valence-electron chi connectivity index (χ2n) is 3.68. The lowest BCUT2D eigenvalue weighted by molar-refractivity contribution is -0.0368. The molecule has 2 aliphatic rings. The Hall–Kier alpha value is -0.120. The zero-order valence-corrected chi connectivity index (χ0v) is 7.29. The fourth-order valence-electron chi connectivity index (χ4n) is 2.04. The summed E-state index contributed by atoms with van der Waals surface area (Å²) in [5.74, 6) is 0. The van der Waals surface area contributed by atoms with Gasteiger partial charge in [-0.05, 0) is 14.1 Å². The predicted octanol–water partition coefficient (Wildman–Crippen LogP) is -0.369. The molecular weight excluding hydrogens is 140 g/mol. The van der Waals surface area contributed by atoms with Crippen molar-refractivity contribution in [3.05, 3.63) is 0 Å². The molecule has 0 amide bonds. The molecule has 2 fully saturated rings. The molecule has 3 heteroatoms. The van der Waals surface area contributed by atoms with E-state index < -0.39 is 0 Å². The fourth-order valence-corrected chi connectivity index (χ4v) is 2.04. The zero-order chi connectivity index (χ0) is 7.84. The molecule has 2 rings (SSSR count). The fraction of sp³-hybridized carbons (Fsp3) is 1.00. The number of hydrogen-bond donors (Lipinski definition) is 0. The molecule has 2 atom stereocenters. The maximum atomic E-state index is 5.66. The van der Waals surface area contributed by atoms with Gasteiger partial charge >= 0.3 is 0 Å². The number of morpholine rings is 1. The van der Waals surface area contributed by atoms with Crippen molar-refractivity contribution in [2.45, 2.75) is 12.1 Å². The van der Waals surface area contributed by atoms with Crippen LogP contribution in [0, 0.1) is 0 Å². The van der Waals surface area contributed by atoms with Crippen LogP contribution in [0.25, 0.3) is 0 Å². The monoisotopic (exact) mass is 156 g/mol. The van der Waals surface area contributed by atoms with Crippen LogP contribution in [0.1, 0.15) is 0 Å². The second kappa shape index (κ2) is 2.73. The Kier molecular flexibility index (Phi) is 1.87. The van der Waals surface area contributed by atoms with Gasteiger partial charge in [-0.15, -0.1) is 0 Å². The lowest BCUT2D eigenvalue weighted by Gasteiger charge is -2.33. The van der Waals surface area contributed by atoms with Gasteiger partial charge < -0.3 is 9.64 Å². The second-order valence-corrected chi connectivity index (χ2v) is 3.68. The summed E-state index contributed by atoms with van der Waals surface area (Å²) in [4.78, 5) is 4.76. The molecule has 0 aromatic rings. The Morgan fingerprint density at radius 2 is 2.09 bits per heavy atom. The average molecular weight is 156 g/mol. The third-order valence-electron chi connectivity index (χ3n) is 2.76. The van der Waals surface area contributed by atoms with E-state index >= 15 is 0 Å². The van der Waals surface area contributed by atoms with E-state index in [-0.39, 0.29) is 0 Å². The van der Waals surface area contributed by atoms with Crippen LogP contribution in [0.4, 0.5) is 0 Å². The highest BCUT2D eigenvalue weighted by atomic mass is 16.5. The topological polar surface area (TPSA) is 15.7 Å². The van der Waals surface area contributed by atoms with E-state index in [1.165, 1.54) is 6.54 Å².